The van der Waals surface area contributed by atoms with Gasteiger partial charge in [-0.1, -0.05) is 24.3 Å². The van der Waals surface area contributed by atoms with Crippen molar-refractivity contribution in [3.63, 3.8) is 0 Å². The first kappa shape index (κ1) is 11.1. The van der Waals surface area contributed by atoms with Gasteiger partial charge in [0.25, 0.3) is 0 Å². The number of H-pyrrole nitrogens is 1. The van der Waals surface area contributed by atoms with Crippen LogP contribution in [0, 0.1) is 0 Å². The number of para-hydroxylation sites is 1. The van der Waals surface area contributed by atoms with Crippen molar-refractivity contribution in [2.24, 2.45) is 0 Å². The van der Waals surface area contributed by atoms with E-state index in [9.17, 15) is 4.79 Å². The number of aromatic nitrogens is 1. The van der Waals surface area contributed by atoms with E-state index >= 15 is 0 Å². The van der Waals surface area contributed by atoms with Crippen LogP contribution in [0.4, 0.5) is 5.69 Å². The highest BCUT2D eigenvalue weighted by Gasteiger charge is 2.20. The van der Waals surface area contributed by atoms with Crippen LogP contribution in [0.3, 0.4) is 0 Å². The number of rotatable bonds is 2. The van der Waals surface area contributed by atoms with Crippen molar-refractivity contribution in [2.75, 3.05) is 5.32 Å². The number of fused-ring (bicyclic) bond motifs is 1. The fraction of sp³-hybridized carbons (Fsp3) is 0.267. The average molecular weight is 240 g/mol. The summed E-state index contributed by atoms with van der Waals surface area (Å²) < 4.78 is 0. The van der Waals surface area contributed by atoms with Crippen molar-refractivity contribution in [3.8, 4) is 0 Å². The Hall–Kier alpha value is -2.03. The zero-order chi connectivity index (χ0) is 12.4. The molecule has 0 fully saturated rings. The second kappa shape index (κ2) is 4.69. The van der Waals surface area contributed by atoms with E-state index in [-0.39, 0.29) is 11.6 Å². The van der Waals surface area contributed by atoms with Crippen LogP contribution in [0.5, 0.6) is 0 Å². The first-order chi connectivity index (χ1) is 8.83. The van der Waals surface area contributed by atoms with Gasteiger partial charge in [-0.05, 0) is 37.0 Å². The molecule has 1 aliphatic carbocycles. The molecule has 3 nitrogen and oxygen atoms in total. The smallest absolute Gasteiger partial charge is 0.248 e. The van der Waals surface area contributed by atoms with Gasteiger partial charge in [0.15, 0.2) is 0 Å². The van der Waals surface area contributed by atoms with Crippen molar-refractivity contribution in [1.29, 1.82) is 0 Å². The maximum Gasteiger partial charge on any atom is 0.248 e. The molecular formula is C15H16N2O. The highest BCUT2D eigenvalue weighted by atomic mass is 16.1. The Morgan fingerprint density at radius 3 is 2.78 bits per heavy atom. The standard InChI is InChI=1S/C15H16N2O/c18-14-10-9-11-5-4-8-13(15(11)17-14)16-12-6-2-1-3-7-12/h1-3,6-7,9-10,13,16H,4-5,8H2,(H,17,18). The van der Waals surface area contributed by atoms with E-state index in [1.807, 2.05) is 24.3 Å². The van der Waals surface area contributed by atoms with Gasteiger partial charge in [0.1, 0.15) is 0 Å². The molecule has 1 aromatic carbocycles. The van der Waals surface area contributed by atoms with E-state index in [1.165, 1.54) is 5.56 Å². The lowest BCUT2D eigenvalue weighted by Crippen LogP contribution is -2.22. The van der Waals surface area contributed by atoms with Crippen molar-refractivity contribution in [1.82, 2.24) is 4.98 Å². The average Bonchev–Trinajstić information content (AvgIpc) is 2.41. The third-order valence-corrected chi connectivity index (χ3v) is 3.44. The van der Waals surface area contributed by atoms with E-state index in [2.05, 4.69) is 22.4 Å². The monoisotopic (exact) mass is 240 g/mol. The molecule has 0 spiro atoms. The van der Waals surface area contributed by atoms with E-state index < -0.39 is 0 Å². The summed E-state index contributed by atoms with van der Waals surface area (Å²) in [5.41, 5.74) is 3.39. The zero-order valence-electron chi connectivity index (χ0n) is 10.1. The number of aryl methyl sites for hydroxylation is 1. The van der Waals surface area contributed by atoms with Gasteiger partial charge in [-0.2, -0.15) is 0 Å². The van der Waals surface area contributed by atoms with Crippen LogP contribution in [0.25, 0.3) is 0 Å². The summed E-state index contributed by atoms with van der Waals surface area (Å²) >= 11 is 0. The zero-order valence-corrected chi connectivity index (χ0v) is 10.1. The minimum atomic E-state index is -0.0180. The van der Waals surface area contributed by atoms with Crippen LogP contribution in [0.2, 0.25) is 0 Å². The number of hydrogen-bond donors (Lipinski definition) is 2. The molecule has 92 valence electrons. The maximum absolute atomic E-state index is 11.5. The van der Waals surface area contributed by atoms with Gasteiger partial charge in [0.05, 0.1) is 6.04 Å². The lowest BCUT2D eigenvalue weighted by atomic mass is 9.92. The van der Waals surface area contributed by atoms with Crippen molar-refractivity contribution >= 4 is 5.69 Å². The second-order valence-corrected chi connectivity index (χ2v) is 4.72. The molecule has 2 aromatic rings. The van der Waals surface area contributed by atoms with E-state index in [4.69, 9.17) is 0 Å². The van der Waals surface area contributed by atoms with Crippen LogP contribution in [0.1, 0.15) is 30.1 Å². The van der Waals surface area contributed by atoms with E-state index in [0.717, 1.165) is 30.6 Å². The minimum Gasteiger partial charge on any atom is -0.377 e. The largest absolute Gasteiger partial charge is 0.377 e. The number of anilines is 1. The van der Waals surface area contributed by atoms with E-state index in [0.29, 0.717) is 0 Å². The highest BCUT2D eigenvalue weighted by Crippen LogP contribution is 2.30. The quantitative estimate of drug-likeness (QED) is 0.847. The third kappa shape index (κ3) is 2.16. The molecular weight excluding hydrogens is 224 g/mol. The Morgan fingerprint density at radius 2 is 1.94 bits per heavy atom. The first-order valence-electron chi connectivity index (χ1n) is 6.36. The fourth-order valence-electron chi connectivity index (χ4n) is 2.57. The molecule has 0 bridgehead atoms. The summed E-state index contributed by atoms with van der Waals surface area (Å²) in [5, 5.41) is 3.49. The number of nitrogens with one attached hydrogen (secondary N) is 2. The molecule has 1 atom stereocenters. The van der Waals surface area contributed by atoms with Gasteiger partial charge < -0.3 is 10.3 Å². The van der Waals surface area contributed by atoms with Crippen LogP contribution >= 0.6 is 0 Å². The number of pyridine rings is 1. The second-order valence-electron chi connectivity index (χ2n) is 4.72. The molecule has 0 saturated heterocycles. The SMILES string of the molecule is O=c1ccc2c([nH]1)C(Nc1ccccc1)CCC2. The van der Waals surface area contributed by atoms with Crippen LogP contribution in [0.15, 0.2) is 47.3 Å². The molecule has 1 aliphatic rings. The summed E-state index contributed by atoms with van der Waals surface area (Å²) in [7, 11) is 0. The van der Waals surface area contributed by atoms with Gasteiger partial charge in [-0.15, -0.1) is 0 Å². The lowest BCUT2D eigenvalue weighted by Gasteiger charge is -2.26. The molecule has 0 amide bonds. The number of benzene rings is 1. The highest BCUT2D eigenvalue weighted by molar-refractivity contribution is 5.45. The molecule has 1 aromatic heterocycles. The molecule has 0 radical (unpaired) electrons. The van der Waals surface area contributed by atoms with E-state index in [1.54, 1.807) is 6.07 Å². The van der Waals surface area contributed by atoms with Crippen molar-refractivity contribution < 1.29 is 0 Å². The normalized spacial score (nSPS) is 18.1. The fourth-order valence-corrected chi connectivity index (χ4v) is 2.57. The van der Waals surface area contributed by atoms with Gasteiger partial charge >= 0.3 is 0 Å². The number of hydrogen-bond acceptors (Lipinski definition) is 2. The van der Waals surface area contributed by atoms with Gasteiger partial charge in [-0.3, -0.25) is 4.79 Å². The van der Waals surface area contributed by atoms with Gasteiger partial charge in [-0.25, -0.2) is 0 Å². The lowest BCUT2D eigenvalue weighted by molar-refractivity contribution is 0.581. The Kier molecular flexibility index (Phi) is 2.89. The summed E-state index contributed by atoms with van der Waals surface area (Å²) in [6.45, 7) is 0. The molecule has 2 N–H and O–H groups in total. The Bertz CT molecular complexity index is 589. The van der Waals surface area contributed by atoms with Crippen LogP contribution in [-0.2, 0) is 6.42 Å². The minimum absolute atomic E-state index is 0.0180. The molecule has 1 unspecified atom stereocenters. The third-order valence-electron chi connectivity index (χ3n) is 3.44. The molecule has 3 heteroatoms. The van der Waals surface area contributed by atoms with Gasteiger partial charge in [0, 0.05) is 17.4 Å². The first-order valence-corrected chi connectivity index (χ1v) is 6.36. The predicted molar refractivity (Wildman–Crippen MR) is 72.8 cm³/mol. The number of aromatic amines is 1. The Balaban J connectivity index is 1.91. The van der Waals surface area contributed by atoms with Crippen LogP contribution < -0.4 is 10.9 Å². The van der Waals surface area contributed by atoms with Gasteiger partial charge in [0.2, 0.25) is 5.56 Å². The Morgan fingerprint density at radius 1 is 1.11 bits per heavy atom. The summed E-state index contributed by atoms with van der Waals surface area (Å²) in [6.07, 6.45) is 3.27. The predicted octanol–water partition coefficient (Wildman–Crippen LogP) is 2.86. The van der Waals surface area contributed by atoms with Crippen molar-refractivity contribution in [2.45, 2.75) is 25.3 Å². The summed E-state index contributed by atoms with van der Waals surface area (Å²) in [6, 6.07) is 13.9. The summed E-state index contributed by atoms with van der Waals surface area (Å²) in [4.78, 5) is 14.4. The molecule has 18 heavy (non-hydrogen) atoms. The molecule has 3 rings (SSSR count). The van der Waals surface area contributed by atoms with Crippen molar-refractivity contribution in [3.05, 3.63) is 64.1 Å². The maximum atomic E-state index is 11.5. The van der Waals surface area contributed by atoms with Crippen LogP contribution in [-0.4, -0.2) is 4.98 Å². The summed E-state index contributed by atoms with van der Waals surface area (Å²) in [5.74, 6) is 0. The molecule has 1 heterocycles. The Labute approximate surface area is 106 Å². The molecule has 0 aliphatic heterocycles. The molecule has 0 saturated carbocycles. The topological polar surface area (TPSA) is 44.9 Å².